The summed E-state index contributed by atoms with van der Waals surface area (Å²) < 4.78 is 0. The smallest absolute Gasteiger partial charge is 0.321 e. The number of carboxylic acid groups (broad SMARTS) is 1. The molecule has 0 heterocycles. The topological polar surface area (TPSA) is 37.3 Å². The molecule has 108 valence electrons. The van der Waals surface area contributed by atoms with Crippen molar-refractivity contribution in [1.82, 2.24) is 0 Å². The molecular weight excluding hydrogens is 248 g/mol. The molecule has 0 rings (SSSR count). The third-order valence-corrected chi connectivity index (χ3v) is 4.19. The van der Waals surface area contributed by atoms with Crippen LogP contribution in [0.1, 0.15) is 66.2 Å². The van der Waals surface area contributed by atoms with Gasteiger partial charge in [0.1, 0.15) is 5.38 Å². The molecule has 3 unspecified atom stereocenters. The maximum absolute atomic E-state index is 10.7. The average molecular weight is 277 g/mol. The molecule has 0 amide bonds. The molecule has 2 nitrogen and oxygen atoms in total. The molecule has 0 saturated heterocycles. The highest BCUT2D eigenvalue weighted by Gasteiger charge is 2.21. The van der Waals surface area contributed by atoms with E-state index in [0.29, 0.717) is 0 Å². The van der Waals surface area contributed by atoms with Gasteiger partial charge in [0.05, 0.1) is 0 Å². The highest BCUT2D eigenvalue weighted by atomic mass is 35.5. The third kappa shape index (κ3) is 8.79. The monoisotopic (exact) mass is 276 g/mol. The van der Waals surface area contributed by atoms with Gasteiger partial charge in [-0.15, -0.1) is 11.6 Å². The minimum Gasteiger partial charge on any atom is -0.480 e. The van der Waals surface area contributed by atoms with Crippen molar-refractivity contribution < 1.29 is 9.90 Å². The number of hydrogen-bond donors (Lipinski definition) is 1. The largest absolute Gasteiger partial charge is 0.480 e. The van der Waals surface area contributed by atoms with Crippen molar-refractivity contribution >= 4 is 17.6 Å². The van der Waals surface area contributed by atoms with Crippen LogP contribution in [0, 0.1) is 17.8 Å². The van der Waals surface area contributed by atoms with Gasteiger partial charge in [-0.3, -0.25) is 4.79 Å². The van der Waals surface area contributed by atoms with Gasteiger partial charge in [0.15, 0.2) is 0 Å². The van der Waals surface area contributed by atoms with E-state index in [0.717, 1.165) is 24.7 Å². The zero-order valence-electron chi connectivity index (χ0n) is 12.3. The summed E-state index contributed by atoms with van der Waals surface area (Å²) in [6.07, 6.45) is 7.09. The molecule has 0 radical (unpaired) electrons. The second-order valence-corrected chi connectivity index (χ2v) is 6.55. The Morgan fingerprint density at radius 2 is 1.50 bits per heavy atom. The van der Waals surface area contributed by atoms with E-state index in [4.69, 9.17) is 16.7 Å². The highest BCUT2D eigenvalue weighted by molar-refractivity contribution is 6.29. The van der Waals surface area contributed by atoms with Gasteiger partial charge in [-0.05, 0) is 24.2 Å². The Balaban J connectivity index is 3.61. The lowest BCUT2D eigenvalue weighted by Gasteiger charge is -2.16. The van der Waals surface area contributed by atoms with Crippen molar-refractivity contribution in [2.24, 2.45) is 17.8 Å². The molecule has 0 aromatic carbocycles. The zero-order valence-corrected chi connectivity index (χ0v) is 13.0. The van der Waals surface area contributed by atoms with Crippen molar-refractivity contribution in [3.05, 3.63) is 0 Å². The lowest BCUT2D eigenvalue weighted by atomic mass is 9.92. The van der Waals surface area contributed by atoms with Crippen LogP contribution in [-0.4, -0.2) is 16.5 Å². The van der Waals surface area contributed by atoms with Crippen LogP contribution in [0.2, 0.25) is 0 Å². The molecule has 0 aliphatic carbocycles. The van der Waals surface area contributed by atoms with E-state index >= 15 is 0 Å². The molecule has 0 saturated carbocycles. The number of aliphatic carboxylic acids is 1. The Morgan fingerprint density at radius 3 is 1.94 bits per heavy atom. The van der Waals surface area contributed by atoms with Crippen molar-refractivity contribution in [3.63, 3.8) is 0 Å². The Labute approximate surface area is 117 Å². The van der Waals surface area contributed by atoms with E-state index in [1.54, 1.807) is 0 Å². The van der Waals surface area contributed by atoms with Gasteiger partial charge in [0.2, 0.25) is 0 Å². The maximum Gasteiger partial charge on any atom is 0.321 e. The van der Waals surface area contributed by atoms with Crippen LogP contribution in [0.3, 0.4) is 0 Å². The molecule has 0 aromatic heterocycles. The Morgan fingerprint density at radius 1 is 1.00 bits per heavy atom. The molecule has 3 atom stereocenters. The molecule has 0 aromatic rings. The second-order valence-electron chi connectivity index (χ2n) is 6.08. The lowest BCUT2D eigenvalue weighted by Crippen LogP contribution is -2.21. The molecule has 1 N–H and O–H groups in total. The number of rotatable bonds is 10. The van der Waals surface area contributed by atoms with Crippen LogP contribution in [0.15, 0.2) is 0 Å². The number of alkyl halides is 1. The summed E-state index contributed by atoms with van der Waals surface area (Å²) in [4.78, 5) is 10.7. The summed E-state index contributed by atoms with van der Waals surface area (Å²) in [6, 6.07) is 0. The Bertz CT molecular complexity index is 229. The first-order valence-electron chi connectivity index (χ1n) is 7.21. The lowest BCUT2D eigenvalue weighted by molar-refractivity contribution is -0.137. The molecule has 0 bridgehead atoms. The van der Waals surface area contributed by atoms with Gasteiger partial charge in [-0.2, -0.15) is 0 Å². The first-order chi connectivity index (χ1) is 8.34. The quantitative estimate of drug-likeness (QED) is 0.573. The van der Waals surface area contributed by atoms with Crippen molar-refractivity contribution in [1.29, 1.82) is 0 Å². The van der Waals surface area contributed by atoms with E-state index in [1.165, 1.54) is 25.7 Å². The van der Waals surface area contributed by atoms with Crippen molar-refractivity contribution in [2.75, 3.05) is 0 Å². The predicted octanol–water partition coefficient (Wildman–Crippen LogP) is 4.95. The fourth-order valence-electron chi connectivity index (χ4n) is 2.20. The fourth-order valence-corrected chi connectivity index (χ4v) is 2.32. The molecule has 0 aliphatic rings. The highest BCUT2D eigenvalue weighted by Crippen LogP contribution is 2.22. The number of carboxylic acids is 1. The molecule has 0 fully saturated rings. The zero-order chi connectivity index (χ0) is 14.1. The number of halogens is 1. The van der Waals surface area contributed by atoms with E-state index < -0.39 is 11.3 Å². The Kier molecular flexibility index (Phi) is 9.53. The average Bonchev–Trinajstić information content (AvgIpc) is 2.27. The van der Waals surface area contributed by atoms with Gasteiger partial charge in [-0.1, -0.05) is 59.8 Å². The summed E-state index contributed by atoms with van der Waals surface area (Å²) in [5.41, 5.74) is 0. The molecule has 0 spiro atoms. The van der Waals surface area contributed by atoms with Crippen molar-refractivity contribution in [2.45, 2.75) is 71.6 Å². The van der Waals surface area contributed by atoms with Crippen LogP contribution < -0.4 is 0 Å². The minimum absolute atomic E-state index is 0.0621. The van der Waals surface area contributed by atoms with Crippen LogP contribution in [-0.2, 0) is 4.79 Å². The van der Waals surface area contributed by atoms with Crippen LogP contribution >= 0.6 is 11.6 Å². The molecule has 0 aliphatic heterocycles. The Hall–Kier alpha value is -0.240. The van der Waals surface area contributed by atoms with Crippen LogP contribution in [0.5, 0.6) is 0 Å². The molecule has 18 heavy (non-hydrogen) atoms. The van der Waals surface area contributed by atoms with E-state index in [2.05, 4.69) is 20.8 Å². The van der Waals surface area contributed by atoms with Crippen LogP contribution in [0.4, 0.5) is 0 Å². The number of carbonyl (C=O) groups is 1. The summed E-state index contributed by atoms with van der Waals surface area (Å²) in [5.74, 6) is 0.709. The second kappa shape index (κ2) is 9.66. The number of hydrogen-bond acceptors (Lipinski definition) is 1. The van der Waals surface area contributed by atoms with E-state index in [9.17, 15) is 4.79 Å². The molecular formula is C15H29ClO2. The predicted molar refractivity (Wildman–Crippen MR) is 78.1 cm³/mol. The molecule has 3 heteroatoms. The first-order valence-corrected chi connectivity index (χ1v) is 7.65. The summed E-state index contributed by atoms with van der Waals surface area (Å²) in [6.45, 7) is 8.74. The summed E-state index contributed by atoms with van der Waals surface area (Å²) in [5, 5.41) is 8.06. The van der Waals surface area contributed by atoms with Crippen molar-refractivity contribution in [3.8, 4) is 0 Å². The van der Waals surface area contributed by atoms with Gasteiger partial charge >= 0.3 is 5.97 Å². The fraction of sp³-hybridized carbons (Fsp3) is 0.933. The summed E-state index contributed by atoms with van der Waals surface area (Å²) >= 11 is 5.80. The van der Waals surface area contributed by atoms with Gasteiger partial charge < -0.3 is 5.11 Å². The van der Waals surface area contributed by atoms with Crippen LogP contribution in [0.25, 0.3) is 0 Å². The SMILES string of the molecule is CC(C)CCCC(C)CCCC(C)C(Cl)C(=O)O. The normalized spacial score (nSPS) is 16.6. The van der Waals surface area contributed by atoms with E-state index in [-0.39, 0.29) is 5.92 Å². The van der Waals surface area contributed by atoms with Gasteiger partial charge in [0.25, 0.3) is 0 Å². The van der Waals surface area contributed by atoms with E-state index in [1.807, 2.05) is 6.92 Å². The van der Waals surface area contributed by atoms with Gasteiger partial charge in [0, 0.05) is 0 Å². The first kappa shape index (κ1) is 17.8. The standard InChI is InChI=1S/C15H29ClO2/c1-11(2)7-5-8-12(3)9-6-10-13(4)14(16)15(17)18/h11-14H,5-10H2,1-4H3,(H,17,18). The minimum atomic E-state index is -0.894. The maximum atomic E-state index is 10.7. The summed E-state index contributed by atoms with van der Waals surface area (Å²) in [7, 11) is 0. The third-order valence-electron chi connectivity index (χ3n) is 3.57. The van der Waals surface area contributed by atoms with Gasteiger partial charge in [-0.25, -0.2) is 0 Å².